The number of nitrogens with zero attached hydrogens (tertiary/aromatic N) is 1. The molecule has 2 atom stereocenters. The molecule has 6 heteroatoms. The lowest BCUT2D eigenvalue weighted by Crippen LogP contribution is -3.12. The Labute approximate surface area is 223 Å². The van der Waals surface area contributed by atoms with Crippen LogP contribution < -0.4 is 10.2 Å². The first kappa shape index (κ1) is 24.4. The molecule has 0 spiro atoms. The highest BCUT2D eigenvalue weighted by Crippen LogP contribution is 2.47. The summed E-state index contributed by atoms with van der Waals surface area (Å²) in [4.78, 5) is 32.7. The molecule has 3 aliphatic rings. The highest BCUT2D eigenvalue weighted by Gasteiger charge is 2.47. The summed E-state index contributed by atoms with van der Waals surface area (Å²) in [6.45, 7) is 3.15. The molecule has 192 valence electrons. The lowest BCUT2D eigenvalue weighted by Gasteiger charge is -2.44. The van der Waals surface area contributed by atoms with Crippen molar-refractivity contribution in [2.45, 2.75) is 69.1 Å². The van der Waals surface area contributed by atoms with Gasteiger partial charge in [0.2, 0.25) is 5.91 Å². The first-order valence-corrected chi connectivity index (χ1v) is 14.7. The number of likely N-dealkylation sites (tertiary alicyclic amines) is 1. The molecule has 5 nitrogen and oxygen atoms in total. The van der Waals surface area contributed by atoms with Gasteiger partial charge in [-0.2, -0.15) is 0 Å². The largest absolute Gasteiger partial charge is 0.352 e. The predicted molar refractivity (Wildman–Crippen MR) is 147 cm³/mol. The molecular weight excluding hydrogens is 478 g/mol. The van der Waals surface area contributed by atoms with E-state index in [1.807, 2.05) is 30.3 Å². The lowest BCUT2D eigenvalue weighted by atomic mass is 9.80. The number of hydrogen-bond acceptors (Lipinski definition) is 3. The maximum Gasteiger partial charge on any atom is 0.254 e. The highest BCUT2D eigenvalue weighted by atomic mass is 32.1. The fourth-order valence-electron chi connectivity index (χ4n) is 6.70. The van der Waals surface area contributed by atoms with E-state index in [2.05, 4.69) is 52.0 Å². The fraction of sp³-hybridized carbons (Fsp3) is 0.419. The van der Waals surface area contributed by atoms with Gasteiger partial charge in [-0.05, 0) is 35.9 Å². The second kappa shape index (κ2) is 10.8. The van der Waals surface area contributed by atoms with Gasteiger partial charge in [0, 0.05) is 40.9 Å². The van der Waals surface area contributed by atoms with Crippen molar-refractivity contribution in [3.63, 3.8) is 0 Å². The van der Waals surface area contributed by atoms with Gasteiger partial charge in [0.15, 0.2) is 0 Å². The number of fused-ring (bicyclic) bond motifs is 1. The van der Waals surface area contributed by atoms with E-state index in [0.717, 1.165) is 68.6 Å². The Hall–Kier alpha value is -2.96. The van der Waals surface area contributed by atoms with Gasteiger partial charge in [-0.1, -0.05) is 67.4 Å². The molecule has 3 aromatic rings. The van der Waals surface area contributed by atoms with Crippen molar-refractivity contribution in [3.8, 4) is 0 Å². The number of benzene rings is 2. The third kappa shape index (κ3) is 4.97. The van der Waals surface area contributed by atoms with Crippen molar-refractivity contribution < 1.29 is 14.5 Å². The van der Waals surface area contributed by atoms with Crippen molar-refractivity contribution in [3.05, 3.63) is 93.7 Å². The molecule has 1 aromatic heterocycles. The Morgan fingerprint density at radius 3 is 2.38 bits per heavy atom. The summed E-state index contributed by atoms with van der Waals surface area (Å²) >= 11 is 1.66. The Morgan fingerprint density at radius 2 is 1.65 bits per heavy atom. The fourth-order valence-corrected chi connectivity index (χ4v) is 7.56. The molecule has 1 saturated carbocycles. The lowest BCUT2D eigenvalue weighted by molar-refractivity contribution is -0.918. The van der Waals surface area contributed by atoms with Gasteiger partial charge in [0.25, 0.3) is 5.91 Å². The molecule has 1 aliphatic carbocycles. The Kier molecular flexibility index (Phi) is 7.12. The number of thiophene rings is 1. The van der Waals surface area contributed by atoms with Crippen LogP contribution in [0.25, 0.3) is 0 Å². The summed E-state index contributed by atoms with van der Waals surface area (Å²) in [6.07, 6.45) is 6.30. The van der Waals surface area contributed by atoms with Gasteiger partial charge >= 0.3 is 0 Å². The van der Waals surface area contributed by atoms with Crippen molar-refractivity contribution in [2.75, 3.05) is 13.1 Å². The van der Waals surface area contributed by atoms with E-state index < -0.39 is 0 Å². The van der Waals surface area contributed by atoms with Crippen LogP contribution in [0.2, 0.25) is 0 Å². The van der Waals surface area contributed by atoms with Gasteiger partial charge < -0.3 is 15.1 Å². The second-order valence-electron chi connectivity index (χ2n) is 10.9. The summed E-state index contributed by atoms with van der Waals surface area (Å²) in [6, 6.07) is 22.8. The zero-order valence-electron chi connectivity index (χ0n) is 21.3. The van der Waals surface area contributed by atoms with Crippen molar-refractivity contribution in [2.24, 2.45) is 0 Å². The Balaban J connectivity index is 1.24. The Morgan fingerprint density at radius 1 is 0.919 bits per heavy atom. The molecule has 2 unspecified atom stereocenters. The summed E-state index contributed by atoms with van der Waals surface area (Å²) in [7, 11) is 0. The van der Waals surface area contributed by atoms with E-state index in [0.29, 0.717) is 5.56 Å². The smallest absolute Gasteiger partial charge is 0.254 e. The van der Waals surface area contributed by atoms with Gasteiger partial charge in [-0.25, -0.2) is 0 Å². The van der Waals surface area contributed by atoms with Gasteiger partial charge in [-0.3, -0.25) is 9.59 Å². The zero-order valence-corrected chi connectivity index (χ0v) is 22.1. The summed E-state index contributed by atoms with van der Waals surface area (Å²) in [5, 5.41) is 5.51. The van der Waals surface area contributed by atoms with Gasteiger partial charge in [0.1, 0.15) is 6.54 Å². The third-order valence-corrected chi connectivity index (χ3v) is 9.49. The number of rotatable bonds is 6. The molecule has 2 N–H and O–H groups in total. The summed E-state index contributed by atoms with van der Waals surface area (Å²) < 4.78 is 0. The summed E-state index contributed by atoms with van der Waals surface area (Å²) in [5.74, 6) is -0.233. The molecule has 2 aliphatic heterocycles. The number of nitrogens with one attached hydrogen (secondary N) is 2. The molecule has 3 heterocycles. The SMILES string of the molecule is O=C(NC1CC[NH+](Cc2ccccc2)CC1)C1c2ccccc2C(=O)N(C2CCCC2)C1c1cccs1. The molecule has 2 aromatic carbocycles. The van der Waals surface area contributed by atoms with Crippen LogP contribution in [0, 0.1) is 0 Å². The first-order valence-electron chi connectivity index (χ1n) is 13.8. The molecular formula is C31H36N3O2S+. The molecule has 0 radical (unpaired) electrons. The minimum absolute atomic E-state index is 0.0675. The number of amides is 2. The van der Waals surface area contributed by atoms with Crippen LogP contribution in [0.4, 0.5) is 0 Å². The van der Waals surface area contributed by atoms with Crippen LogP contribution in [0.3, 0.4) is 0 Å². The van der Waals surface area contributed by atoms with Crippen LogP contribution in [-0.4, -0.2) is 41.9 Å². The van der Waals surface area contributed by atoms with E-state index >= 15 is 0 Å². The van der Waals surface area contributed by atoms with Crippen LogP contribution in [0.5, 0.6) is 0 Å². The topological polar surface area (TPSA) is 53.9 Å². The van der Waals surface area contributed by atoms with Crippen molar-refractivity contribution in [1.82, 2.24) is 10.2 Å². The van der Waals surface area contributed by atoms with E-state index in [4.69, 9.17) is 0 Å². The first-order chi connectivity index (χ1) is 18.2. The minimum atomic E-state index is -0.386. The van der Waals surface area contributed by atoms with Gasteiger partial charge in [0.05, 0.1) is 25.0 Å². The molecule has 37 heavy (non-hydrogen) atoms. The van der Waals surface area contributed by atoms with Crippen LogP contribution >= 0.6 is 11.3 Å². The maximum absolute atomic E-state index is 14.1. The number of carbonyl (C=O) groups excluding carboxylic acids is 2. The van der Waals surface area contributed by atoms with E-state index in [1.54, 1.807) is 16.2 Å². The van der Waals surface area contributed by atoms with E-state index in [1.165, 1.54) is 5.56 Å². The van der Waals surface area contributed by atoms with Crippen LogP contribution in [0.1, 0.15) is 76.8 Å². The number of hydrogen-bond donors (Lipinski definition) is 2. The maximum atomic E-state index is 14.1. The quantitative estimate of drug-likeness (QED) is 0.514. The second-order valence-corrected chi connectivity index (χ2v) is 11.9. The molecule has 1 saturated heterocycles. The third-order valence-electron chi connectivity index (χ3n) is 8.55. The zero-order chi connectivity index (χ0) is 25.2. The normalized spacial score (nSPS) is 26.2. The molecule has 2 fully saturated rings. The van der Waals surface area contributed by atoms with Crippen molar-refractivity contribution in [1.29, 1.82) is 0 Å². The van der Waals surface area contributed by atoms with Crippen LogP contribution in [0.15, 0.2) is 72.1 Å². The number of quaternary nitrogens is 1. The molecule has 2 amide bonds. The van der Waals surface area contributed by atoms with Crippen LogP contribution in [-0.2, 0) is 11.3 Å². The predicted octanol–water partition coefficient (Wildman–Crippen LogP) is 4.34. The highest BCUT2D eigenvalue weighted by molar-refractivity contribution is 7.10. The average molecular weight is 515 g/mol. The van der Waals surface area contributed by atoms with Gasteiger partial charge in [-0.15, -0.1) is 11.3 Å². The average Bonchev–Trinajstić information content (AvgIpc) is 3.65. The number of piperidine rings is 1. The van der Waals surface area contributed by atoms with E-state index in [9.17, 15) is 9.59 Å². The summed E-state index contributed by atoms with van der Waals surface area (Å²) in [5.41, 5.74) is 2.95. The molecule has 6 rings (SSSR count). The monoisotopic (exact) mass is 514 g/mol. The van der Waals surface area contributed by atoms with E-state index in [-0.39, 0.29) is 35.9 Å². The Bertz CT molecular complexity index is 1210. The molecule has 0 bridgehead atoms. The van der Waals surface area contributed by atoms with Crippen molar-refractivity contribution >= 4 is 23.2 Å². The standard InChI is InChI=1S/C31H35N3O2S/c35-30(32-23-16-18-33(19-17-23)21-22-9-2-1-3-10-22)28-25-13-6-7-14-26(25)31(36)34(24-11-4-5-12-24)29(28)27-15-8-20-37-27/h1-3,6-10,13-15,20,23-24,28-29H,4-5,11-12,16-19,21H2,(H,32,35)/p+1. The minimum Gasteiger partial charge on any atom is -0.352 e. The number of carbonyl (C=O) groups is 2.